The summed E-state index contributed by atoms with van der Waals surface area (Å²) >= 11 is 0. The van der Waals surface area contributed by atoms with Crippen LogP contribution in [0, 0.1) is 5.41 Å². The van der Waals surface area contributed by atoms with Gasteiger partial charge in [-0.25, -0.2) is 9.18 Å². The minimum absolute atomic E-state index is 0.249. The van der Waals surface area contributed by atoms with Crippen LogP contribution in [0.1, 0.15) is 36.2 Å². The van der Waals surface area contributed by atoms with E-state index in [0.29, 0.717) is 25.1 Å². The molecule has 7 heteroatoms. The highest BCUT2D eigenvalue weighted by Crippen LogP contribution is 2.16. The van der Waals surface area contributed by atoms with Gasteiger partial charge >= 0.3 is 5.97 Å². The predicted molar refractivity (Wildman–Crippen MR) is 96.8 cm³/mol. The fourth-order valence-corrected chi connectivity index (χ4v) is 2.53. The quantitative estimate of drug-likeness (QED) is 0.763. The second-order valence-corrected chi connectivity index (χ2v) is 6.37. The van der Waals surface area contributed by atoms with Gasteiger partial charge in [0.1, 0.15) is 6.17 Å². The fourth-order valence-electron chi connectivity index (χ4n) is 2.53. The highest BCUT2D eigenvalue weighted by atomic mass is 19.1. The van der Waals surface area contributed by atoms with E-state index in [0.717, 1.165) is 5.56 Å². The number of hydrogen-bond acceptors (Lipinski definition) is 5. The summed E-state index contributed by atoms with van der Waals surface area (Å²) < 4.78 is 17.9. The van der Waals surface area contributed by atoms with Crippen LogP contribution in [0.2, 0.25) is 0 Å². The second-order valence-electron chi connectivity index (χ2n) is 6.37. The number of rotatable bonds is 6. The van der Waals surface area contributed by atoms with Crippen molar-refractivity contribution in [1.82, 2.24) is 10.2 Å². The molecule has 0 aromatic heterocycles. The summed E-state index contributed by atoms with van der Waals surface area (Å²) in [5.74, 6) is -0.823. The lowest BCUT2D eigenvalue weighted by Gasteiger charge is -2.27. The van der Waals surface area contributed by atoms with E-state index in [2.05, 4.69) is 10.1 Å². The smallest absolute Gasteiger partial charge is 0.337 e. The number of amides is 1. The standard InChI is InChI=1S/C19H24FN3O3/c1-12(20)13(2)22-18(24)16-11-23(9-8-17(16)21)10-14-4-6-15(7-5-14)19(25)26-3/h4-7,11-13,21H,8-10H2,1-3H3,(H,22,24)/t12?,13-/m0/s1. The number of hydrogen-bond donors (Lipinski definition) is 2. The van der Waals surface area contributed by atoms with Crippen LogP contribution in [0.15, 0.2) is 36.0 Å². The SMILES string of the molecule is COC(=O)c1ccc(CN2C=C(C(=O)N[C@@H](C)C(C)F)C(=N)CC2)cc1. The molecule has 0 saturated carbocycles. The average molecular weight is 361 g/mol. The van der Waals surface area contributed by atoms with E-state index in [9.17, 15) is 14.0 Å². The molecule has 1 aliphatic rings. The number of alkyl halides is 1. The van der Waals surface area contributed by atoms with Gasteiger partial charge in [-0.15, -0.1) is 0 Å². The number of halogens is 1. The molecule has 0 fully saturated rings. The van der Waals surface area contributed by atoms with Crippen LogP contribution in [0.25, 0.3) is 0 Å². The van der Waals surface area contributed by atoms with Gasteiger partial charge in [-0.3, -0.25) is 4.79 Å². The fraction of sp³-hybridized carbons (Fsp3) is 0.421. The number of ether oxygens (including phenoxy) is 1. The van der Waals surface area contributed by atoms with Crippen LogP contribution < -0.4 is 5.32 Å². The number of nitrogens with zero attached hydrogens (tertiary/aromatic N) is 1. The number of esters is 1. The van der Waals surface area contributed by atoms with Gasteiger partial charge in [0.2, 0.25) is 0 Å². The van der Waals surface area contributed by atoms with Crippen molar-refractivity contribution < 1.29 is 18.7 Å². The third-order valence-corrected chi connectivity index (χ3v) is 4.34. The number of carbonyl (C=O) groups is 2. The Bertz CT molecular complexity index is 713. The maximum atomic E-state index is 13.3. The Morgan fingerprint density at radius 1 is 1.31 bits per heavy atom. The first-order valence-electron chi connectivity index (χ1n) is 8.47. The van der Waals surface area contributed by atoms with Crippen molar-refractivity contribution in [3.05, 3.63) is 47.2 Å². The lowest BCUT2D eigenvalue weighted by atomic mass is 10.0. The largest absolute Gasteiger partial charge is 0.465 e. The van der Waals surface area contributed by atoms with E-state index in [1.807, 2.05) is 17.0 Å². The molecule has 2 rings (SSSR count). The van der Waals surface area contributed by atoms with Crippen molar-refractivity contribution >= 4 is 17.6 Å². The van der Waals surface area contributed by atoms with Crippen LogP contribution in [-0.4, -0.2) is 48.4 Å². The predicted octanol–water partition coefficient (Wildman–Crippen LogP) is 2.45. The first-order valence-corrected chi connectivity index (χ1v) is 8.47. The average Bonchev–Trinajstić information content (AvgIpc) is 2.63. The molecule has 6 nitrogen and oxygen atoms in total. The summed E-state index contributed by atoms with van der Waals surface area (Å²) in [5.41, 5.74) is 1.95. The lowest BCUT2D eigenvalue weighted by Crippen LogP contribution is -2.42. The Labute approximate surface area is 152 Å². The van der Waals surface area contributed by atoms with Gasteiger partial charge in [-0.05, 0) is 31.5 Å². The summed E-state index contributed by atoms with van der Waals surface area (Å²) in [6.07, 6.45) is 0.922. The molecule has 0 saturated heterocycles. The van der Waals surface area contributed by atoms with Crippen molar-refractivity contribution in [2.75, 3.05) is 13.7 Å². The van der Waals surface area contributed by atoms with Crippen molar-refractivity contribution in [3.63, 3.8) is 0 Å². The van der Waals surface area contributed by atoms with Crippen LogP contribution >= 0.6 is 0 Å². The summed E-state index contributed by atoms with van der Waals surface area (Å²) in [6, 6.07) is 6.42. The molecule has 1 unspecified atom stereocenters. The maximum absolute atomic E-state index is 13.3. The molecule has 1 aliphatic heterocycles. The Morgan fingerprint density at radius 2 is 1.96 bits per heavy atom. The number of carbonyl (C=O) groups excluding carboxylic acids is 2. The first-order chi connectivity index (χ1) is 12.3. The molecular weight excluding hydrogens is 337 g/mol. The van der Waals surface area contributed by atoms with E-state index in [1.165, 1.54) is 14.0 Å². The van der Waals surface area contributed by atoms with E-state index < -0.39 is 24.1 Å². The third-order valence-electron chi connectivity index (χ3n) is 4.34. The molecular formula is C19H24FN3O3. The third kappa shape index (κ3) is 4.91. The van der Waals surface area contributed by atoms with Gasteiger partial charge in [0, 0.05) is 31.4 Å². The minimum atomic E-state index is -1.17. The van der Waals surface area contributed by atoms with E-state index in [-0.39, 0.29) is 11.3 Å². The van der Waals surface area contributed by atoms with Crippen molar-refractivity contribution in [3.8, 4) is 0 Å². The lowest BCUT2D eigenvalue weighted by molar-refractivity contribution is -0.118. The van der Waals surface area contributed by atoms with E-state index in [1.54, 1.807) is 25.3 Å². The molecule has 0 radical (unpaired) electrons. The van der Waals surface area contributed by atoms with Crippen molar-refractivity contribution in [2.24, 2.45) is 0 Å². The minimum Gasteiger partial charge on any atom is -0.465 e. The normalized spacial score (nSPS) is 16.5. The van der Waals surface area contributed by atoms with Crippen molar-refractivity contribution in [1.29, 1.82) is 5.41 Å². The summed E-state index contributed by atoms with van der Waals surface area (Å²) in [5, 5.41) is 10.6. The van der Waals surface area contributed by atoms with Crippen LogP contribution in [0.3, 0.4) is 0 Å². The molecule has 1 aromatic rings. The van der Waals surface area contributed by atoms with Gasteiger partial charge in [0.15, 0.2) is 0 Å². The van der Waals surface area contributed by atoms with Gasteiger partial charge in [0.05, 0.1) is 24.3 Å². The Balaban J connectivity index is 2.07. The molecule has 2 atom stereocenters. The van der Waals surface area contributed by atoms with Crippen molar-refractivity contribution in [2.45, 2.75) is 39.0 Å². The maximum Gasteiger partial charge on any atom is 0.337 e. The summed E-state index contributed by atoms with van der Waals surface area (Å²) in [4.78, 5) is 25.7. The second kappa shape index (κ2) is 8.60. The molecule has 1 heterocycles. The van der Waals surface area contributed by atoms with Crippen LogP contribution in [-0.2, 0) is 16.1 Å². The zero-order chi connectivity index (χ0) is 19.3. The van der Waals surface area contributed by atoms with Gasteiger partial charge in [-0.1, -0.05) is 12.1 Å². The monoisotopic (exact) mass is 361 g/mol. The highest BCUT2D eigenvalue weighted by Gasteiger charge is 2.23. The Kier molecular flexibility index (Phi) is 6.49. The van der Waals surface area contributed by atoms with Gasteiger partial charge in [-0.2, -0.15) is 0 Å². The zero-order valence-corrected chi connectivity index (χ0v) is 15.2. The van der Waals surface area contributed by atoms with E-state index >= 15 is 0 Å². The molecule has 0 aliphatic carbocycles. The number of benzene rings is 1. The Hall–Kier alpha value is -2.70. The number of nitrogens with one attached hydrogen (secondary N) is 2. The Morgan fingerprint density at radius 3 is 2.54 bits per heavy atom. The molecule has 140 valence electrons. The molecule has 2 N–H and O–H groups in total. The zero-order valence-electron chi connectivity index (χ0n) is 15.2. The molecule has 0 bridgehead atoms. The molecule has 26 heavy (non-hydrogen) atoms. The molecule has 1 aromatic carbocycles. The van der Waals surface area contributed by atoms with Crippen LogP contribution in [0.4, 0.5) is 4.39 Å². The van der Waals surface area contributed by atoms with Gasteiger partial charge in [0.25, 0.3) is 5.91 Å². The summed E-state index contributed by atoms with van der Waals surface area (Å²) in [6.45, 7) is 4.13. The topological polar surface area (TPSA) is 82.5 Å². The first kappa shape index (κ1) is 19.6. The molecule has 0 spiro atoms. The summed E-state index contributed by atoms with van der Waals surface area (Å²) in [7, 11) is 1.33. The van der Waals surface area contributed by atoms with Crippen LogP contribution in [0.5, 0.6) is 0 Å². The highest BCUT2D eigenvalue weighted by molar-refractivity contribution is 6.20. The van der Waals surface area contributed by atoms with E-state index in [4.69, 9.17) is 5.41 Å². The number of methoxy groups -OCH3 is 1. The molecule has 1 amide bonds. The van der Waals surface area contributed by atoms with Gasteiger partial charge < -0.3 is 20.4 Å².